The van der Waals surface area contributed by atoms with Gasteiger partial charge in [0.2, 0.25) is 0 Å². The van der Waals surface area contributed by atoms with Crippen LogP contribution in [0.1, 0.15) is 38.2 Å². The Labute approximate surface area is 188 Å². The van der Waals surface area contributed by atoms with Crippen molar-refractivity contribution in [3.05, 3.63) is 64.9 Å². The van der Waals surface area contributed by atoms with Crippen LogP contribution in [0.15, 0.2) is 48.5 Å². The normalized spacial score (nSPS) is 16.4. The number of rotatable bonds is 5. The molecular weight excluding hydrogens is 412 g/mol. The zero-order valence-corrected chi connectivity index (χ0v) is 19.3. The number of hydrogen-bond donors (Lipinski definition) is 0. The summed E-state index contributed by atoms with van der Waals surface area (Å²) in [7, 11) is 1.72. The second kappa shape index (κ2) is 8.85. The summed E-state index contributed by atoms with van der Waals surface area (Å²) in [5.41, 5.74) is 1.91. The highest BCUT2D eigenvalue weighted by molar-refractivity contribution is 6.31. The van der Waals surface area contributed by atoms with Crippen LogP contribution in [0.2, 0.25) is 5.02 Å². The average molecular weight is 441 g/mol. The van der Waals surface area contributed by atoms with E-state index in [1.165, 1.54) is 0 Å². The Bertz CT molecular complexity index is 1020. The van der Waals surface area contributed by atoms with Crippen molar-refractivity contribution in [2.75, 3.05) is 38.2 Å². The number of benzene rings is 2. The first-order chi connectivity index (χ1) is 14.9. The van der Waals surface area contributed by atoms with Crippen LogP contribution in [0.25, 0.3) is 0 Å². The van der Waals surface area contributed by atoms with E-state index < -0.39 is 0 Å². The molecule has 2 aromatic carbocycles. The molecule has 0 aliphatic carbocycles. The molecular formula is C23H29ClN6O. The van der Waals surface area contributed by atoms with Crippen molar-refractivity contribution in [1.82, 2.24) is 25.1 Å². The number of aromatic nitrogens is 4. The van der Waals surface area contributed by atoms with Crippen molar-refractivity contribution in [3.8, 4) is 5.75 Å². The zero-order valence-electron chi connectivity index (χ0n) is 18.5. The summed E-state index contributed by atoms with van der Waals surface area (Å²) < 4.78 is 7.48. The molecule has 0 amide bonds. The number of ether oxygens (including phenoxy) is 1. The SMILES string of the molecule is COc1ccccc1N1CCN([C@H](c2ccccc2Cl)c2nnnn2C(C)(C)C)CC1. The number of hydrogen-bond acceptors (Lipinski definition) is 6. The van der Waals surface area contributed by atoms with Crippen LogP contribution in [-0.4, -0.2) is 58.4 Å². The monoisotopic (exact) mass is 440 g/mol. The lowest BCUT2D eigenvalue weighted by Crippen LogP contribution is -2.49. The van der Waals surface area contributed by atoms with Gasteiger partial charge < -0.3 is 9.64 Å². The van der Waals surface area contributed by atoms with E-state index >= 15 is 0 Å². The van der Waals surface area contributed by atoms with Gasteiger partial charge in [0, 0.05) is 31.2 Å². The molecule has 1 fully saturated rings. The Hall–Kier alpha value is -2.64. The molecule has 3 aromatic rings. The maximum atomic E-state index is 6.65. The van der Waals surface area contributed by atoms with Crippen molar-refractivity contribution in [2.45, 2.75) is 32.4 Å². The highest BCUT2D eigenvalue weighted by Gasteiger charge is 2.34. The first-order valence-corrected chi connectivity index (χ1v) is 10.9. The third-order valence-electron chi connectivity index (χ3n) is 5.68. The zero-order chi connectivity index (χ0) is 22.0. The summed E-state index contributed by atoms with van der Waals surface area (Å²) in [5, 5.41) is 13.5. The quantitative estimate of drug-likeness (QED) is 0.597. The van der Waals surface area contributed by atoms with E-state index in [1.54, 1.807) is 7.11 Å². The average Bonchev–Trinajstić information content (AvgIpc) is 3.26. The van der Waals surface area contributed by atoms with E-state index in [2.05, 4.69) is 58.2 Å². The predicted molar refractivity (Wildman–Crippen MR) is 123 cm³/mol. The maximum absolute atomic E-state index is 6.65. The number of para-hydroxylation sites is 2. The summed E-state index contributed by atoms with van der Waals surface area (Å²) in [6, 6.07) is 16.0. The van der Waals surface area contributed by atoms with Gasteiger partial charge in [0.1, 0.15) is 5.75 Å². The Morgan fingerprint density at radius 3 is 2.32 bits per heavy atom. The molecule has 1 aliphatic heterocycles. The van der Waals surface area contributed by atoms with Gasteiger partial charge in [-0.1, -0.05) is 41.9 Å². The van der Waals surface area contributed by atoms with E-state index in [4.69, 9.17) is 16.3 Å². The second-order valence-electron chi connectivity index (χ2n) is 8.74. The van der Waals surface area contributed by atoms with Gasteiger partial charge in [0.05, 0.1) is 24.4 Å². The number of nitrogens with zero attached hydrogens (tertiary/aromatic N) is 6. The lowest BCUT2D eigenvalue weighted by molar-refractivity contribution is 0.191. The molecule has 1 aliphatic rings. The van der Waals surface area contributed by atoms with E-state index in [0.29, 0.717) is 0 Å². The van der Waals surface area contributed by atoms with Crippen LogP contribution < -0.4 is 9.64 Å². The third-order valence-corrected chi connectivity index (χ3v) is 6.02. The number of tetrazole rings is 1. The first-order valence-electron chi connectivity index (χ1n) is 10.6. The number of piperazine rings is 1. The van der Waals surface area contributed by atoms with Gasteiger partial charge in [0.25, 0.3) is 0 Å². The van der Waals surface area contributed by atoms with E-state index in [0.717, 1.165) is 54.0 Å². The lowest BCUT2D eigenvalue weighted by atomic mass is 10.0. The third kappa shape index (κ3) is 4.38. The van der Waals surface area contributed by atoms with Crippen molar-refractivity contribution in [1.29, 1.82) is 0 Å². The Morgan fingerprint density at radius 1 is 0.968 bits per heavy atom. The molecule has 1 aromatic heterocycles. The largest absolute Gasteiger partial charge is 0.495 e. The summed E-state index contributed by atoms with van der Waals surface area (Å²) in [5.74, 6) is 1.71. The molecule has 7 nitrogen and oxygen atoms in total. The van der Waals surface area contributed by atoms with Gasteiger partial charge in [-0.2, -0.15) is 0 Å². The Balaban J connectivity index is 1.65. The van der Waals surface area contributed by atoms with Crippen LogP contribution in [0.4, 0.5) is 5.69 Å². The molecule has 0 saturated carbocycles. The van der Waals surface area contributed by atoms with Gasteiger partial charge in [0.15, 0.2) is 5.82 Å². The first kappa shape index (κ1) is 21.6. The molecule has 2 heterocycles. The Kier molecular flexibility index (Phi) is 6.16. The van der Waals surface area contributed by atoms with Gasteiger partial charge in [-0.3, -0.25) is 4.90 Å². The summed E-state index contributed by atoms with van der Waals surface area (Å²) in [6.07, 6.45) is 0. The highest BCUT2D eigenvalue weighted by atomic mass is 35.5. The van der Waals surface area contributed by atoms with Crippen LogP contribution in [-0.2, 0) is 5.54 Å². The molecule has 0 spiro atoms. The fourth-order valence-electron chi connectivity index (χ4n) is 4.15. The second-order valence-corrected chi connectivity index (χ2v) is 9.15. The molecule has 4 rings (SSSR count). The summed E-state index contributed by atoms with van der Waals surface area (Å²) >= 11 is 6.65. The van der Waals surface area contributed by atoms with Crippen LogP contribution in [0.5, 0.6) is 5.75 Å². The van der Waals surface area contributed by atoms with Crippen LogP contribution in [0.3, 0.4) is 0 Å². The van der Waals surface area contributed by atoms with Crippen molar-refractivity contribution >= 4 is 17.3 Å². The van der Waals surface area contributed by atoms with Crippen LogP contribution >= 0.6 is 11.6 Å². The smallest absolute Gasteiger partial charge is 0.173 e. The van der Waals surface area contributed by atoms with Crippen molar-refractivity contribution < 1.29 is 4.74 Å². The summed E-state index contributed by atoms with van der Waals surface area (Å²) in [6.45, 7) is 9.77. The standard InChI is InChI=1S/C23H29ClN6O/c1-23(2,3)30-22(25-26-27-30)21(17-9-5-6-10-18(17)24)29-15-13-28(14-16-29)19-11-7-8-12-20(19)31-4/h5-12,21H,13-16H2,1-4H3/t21-/m1/s1. The van der Waals surface area contributed by atoms with Crippen LogP contribution in [0, 0.1) is 0 Å². The lowest BCUT2D eigenvalue weighted by Gasteiger charge is -2.40. The van der Waals surface area contributed by atoms with E-state index in [1.807, 2.05) is 41.1 Å². The molecule has 0 unspecified atom stereocenters. The fourth-order valence-corrected chi connectivity index (χ4v) is 4.39. The van der Waals surface area contributed by atoms with Gasteiger partial charge in [-0.15, -0.1) is 5.10 Å². The molecule has 0 bridgehead atoms. The fraction of sp³-hybridized carbons (Fsp3) is 0.435. The minimum absolute atomic E-state index is 0.122. The maximum Gasteiger partial charge on any atom is 0.173 e. The van der Waals surface area contributed by atoms with Gasteiger partial charge in [-0.05, 0) is 55.0 Å². The summed E-state index contributed by atoms with van der Waals surface area (Å²) in [4.78, 5) is 4.78. The number of methoxy groups -OCH3 is 1. The molecule has 31 heavy (non-hydrogen) atoms. The van der Waals surface area contributed by atoms with Crippen molar-refractivity contribution in [3.63, 3.8) is 0 Å². The Morgan fingerprint density at radius 2 is 1.65 bits per heavy atom. The molecule has 0 N–H and O–H groups in total. The van der Waals surface area contributed by atoms with Crippen molar-refractivity contribution in [2.24, 2.45) is 0 Å². The minimum Gasteiger partial charge on any atom is -0.495 e. The molecule has 1 saturated heterocycles. The molecule has 0 radical (unpaired) electrons. The molecule has 1 atom stereocenters. The number of halogens is 1. The molecule has 8 heteroatoms. The van der Waals surface area contributed by atoms with Gasteiger partial charge >= 0.3 is 0 Å². The topological polar surface area (TPSA) is 59.3 Å². The van der Waals surface area contributed by atoms with E-state index in [-0.39, 0.29) is 11.6 Å². The van der Waals surface area contributed by atoms with Gasteiger partial charge in [-0.25, -0.2) is 4.68 Å². The highest BCUT2D eigenvalue weighted by Crippen LogP contribution is 2.35. The van der Waals surface area contributed by atoms with E-state index in [9.17, 15) is 0 Å². The minimum atomic E-state index is -0.239. The number of anilines is 1. The predicted octanol–water partition coefficient (Wildman–Crippen LogP) is 4.00. The molecule has 164 valence electrons.